The summed E-state index contributed by atoms with van der Waals surface area (Å²) in [5, 5.41) is 13.0. The predicted molar refractivity (Wildman–Crippen MR) is 72.1 cm³/mol. The number of non-ortho nitro benzene ring substituents is 1. The van der Waals surface area contributed by atoms with Crippen LogP contribution in [0.5, 0.6) is 0 Å². The Kier molecular flexibility index (Phi) is 4.47. The van der Waals surface area contributed by atoms with E-state index in [0.717, 1.165) is 0 Å². The number of anilines is 1. The topological polar surface area (TPSA) is 81.5 Å². The lowest BCUT2D eigenvalue weighted by atomic mass is 9.90. The molecule has 6 heteroatoms. The standard InChI is InChI=1S/C13H18N2O4/c1-9(13(2,3)4)19-12(16)14-10-5-7-11(8-6-10)15(17)18/h5-9H,1-4H3,(H,14,16). The van der Waals surface area contributed by atoms with Crippen molar-refractivity contribution >= 4 is 17.5 Å². The lowest BCUT2D eigenvalue weighted by Gasteiger charge is -2.26. The maximum Gasteiger partial charge on any atom is 0.411 e. The minimum atomic E-state index is -0.573. The van der Waals surface area contributed by atoms with Crippen molar-refractivity contribution in [3.8, 4) is 0 Å². The van der Waals surface area contributed by atoms with Crippen molar-refractivity contribution in [1.29, 1.82) is 0 Å². The van der Waals surface area contributed by atoms with Crippen molar-refractivity contribution in [1.82, 2.24) is 0 Å². The van der Waals surface area contributed by atoms with Crippen LogP contribution in [-0.4, -0.2) is 17.1 Å². The lowest BCUT2D eigenvalue weighted by molar-refractivity contribution is -0.384. The summed E-state index contributed by atoms with van der Waals surface area (Å²) in [6, 6.07) is 5.56. The minimum Gasteiger partial charge on any atom is -0.446 e. The number of ether oxygens (including phenoxy) is 1. The van der Waals surface area contributed by atoms with E-state index in [4.69, 9.17) is 4.74 Å². The summed E-state index contributed by atoms with van der Waals surface area (Å²) in [6.45, 7) is 7.72. The fraction of sp³-hybridized carbons (Fsp3) is 0.462. The SMILES string of the molecule is CC(OC(=O)Nc1ccc([N+](=O)[O-])cc1)C(C)(C)C. The first-order chi connectivity index (χ1) is 8.70. The second-order valence-corrected chi connectivity index (χ2v) is 5.34. The molecule has 0 aliphatic heterocycles. The number of hydrogen-bond acceptors (Lipinski definition) is 4. The molecule has 1 atom stereocenters. The minimum absolute atomic E-state index is 0.0259. The first-order valence-corrected chi connectivity index (χ1v) is 5.92. The van der Waals surface area contributed by atoms with Crippen LogP contribution in [0.2, 0.25) is 0 Å². The number of nitro benzene ring substituents is 1. The molecule has 0 bridgehead atoms. The zero-order valence-electron chi connectivity index (χ0n) is 11.5. The maximum atomic E-state index is 11.6. The molecule has 104 valence electrons. The van der Waals surface area contributed by atoms with Gasteiger partial charge >= 0.3 is 6.09 Å². The molecule has 1 aromatic carbocycles. The number of nitro groups is 1. The van der Waals surface area contributed by atoms with Crippen LogP contribution in [0.25, 0.3) is 0 Å². The van der Waals surface area contributed by atoms with Crippen molar-refractivity contribution < 1.29 is 14.5 Å². The quantitative estimate of drug-likeness (QED) is 0.669. The molecule has 19 heavy (non-hydrogen) atoms. The summed E-state index contributed by atoms with van der Waals surface area (Å²) in [7, 11) is 0. The van der Waals surface area contributed by atoms with Gasteiger partial charge in [-0.25, -0.2) is 4.79 Å². The van der Waals surface area contributed by atoms with Gasteiger partial charge < -0.3 is 4.74 Å². The van der Waals surface area contributed by atoms with Crippen LogP contribution in [0.1, 0.15) is 27.7 Å². The van der Waals surface area contributed by atoms with Gasteiger partial charge in [0.15, 0.2) is 0 Å². The first-order valence-electron chi connectivity index (χ1n) is 5.92. The Labute approximate surface area is 111 Å². The van der Waals surface area contributed by atoms with E-state index in [1.165, 1.54) is 24.3 Å². The summed E-state index contributed by atoms with van der Waals surface area (Å²) in [6.07, 6.45) is -0.818. The van der Waals surface area contributed by atoms with Crippen molar-refractivity contribution in [2.45, 2.75) is 33.8 Å². The molecule has 0 saturated carbocycles. The summed E-state index contributed by atoms with van der Waals surface area (Å²) >= 11 is 0. The van der Waals surface area contributed by atoms with Crippen molar-refractivity contribution in [3.63, 3.8) is 0 Å². The number of hydrogen-bond donors (Lipinski definition) is 1. The van der Waals surface area contributed by atoms with Gasteiger partial charge in [0.25, 0.3) is 5.69 Å². The van der Waals surface area contributed by atoms with E-state index in [-0.39, 0.29) is 17.2 Å². The molecule has 1 rings (SSSR count). The highest BCUT2D eigenvalue weighted by atomic mass is 16.6. The second kappa shape index (κ2) is 5.69. The first kappa shape index (κ1) is 14.9. The normalized spacial score (nSPS) is 12.6. The van der Waals surface area contributed by atoms with Crippen LogP contribution < -0.4 is 5.32 Å². The Morgan fingerprint density at radius 1 is 1.32 bits per heavy atom. The third kappa shape index (κ3) is 4.57. The lowest BCUT2D eigenvalue weighted by Crippen LogP contribution is -2.30. The number of amides is 1. The van der Waals surface area contributed by atoms with E-state index in [0.29, 0.717) is 5.69 Å². The highest BCUT2D eigenvalue weighted by molar-refractivity contribution is 5.84. The molecular formula is C13H18N2O4. The van der Waals surface area contributed by atoms with Crippen LogP contribution in [0, 0.1) is 15.5 Å². The Morgan fingerprint density at radius 3 is 2.26 bits per heavy atom. The third-order valence-corrected chi connectivity index (χ3v) is 2.83. The summed E-state index contributed by atoms with van der Waals surface area (Å²) in [5.74, 6) is 0. The number of carbonyl (C=O) groups is 1. The second-order valence-electron chi connectivity index (χ2n) is 5.34. The summed E-state index contributed by atoms with van der Waals surface area (Å²) in [5.41, 5.74) is 0.283. The van der Waals surface area contributed by atoms with Gasteiger partial charge in [0.2, 0.25) is 0 Å². The van der Waals surface area contributed by atoms with E-state index in [2.05, 4.69) is 5.32 Å². The molecule has 1 unspecified atom stereocenters. The number of nitrogens with one attached hydrogen (secondary N) is 1. The molecule has 1 N–H and O–H groups in total. The maximum absolute atomic E-state index is 11.6. The van der Waals surface area contributed by atoms with Gasteiger partial charge in [-0.3, -0.25) is 15.4 Å². The molecule has 1 aromatic rings. The molecule has 0 saturated heterocycles. The average molecular weight is 266 g/mol. The average Bonchev–Trinajstić information content (AvgIpc) is 2.28. The van der Waals surface area contributed by atoms with Gasteiger partial charge in [0, 0.05) is 17.8 Å². The molecule has 0 spiro atoms. The number of benzene rings is 1. The number of nitrogens with zero attached hydrogens (tertiary/aromatic N) is 1. The smallest absolute Gasteiger partial charge is 0.411 e. The Balaban J connectivity index is 2.60. The molecule has 0 fully saturated rings. The van der Waals surface area contributed by atoms with Crippen molar-refractivity contribution in [3.05, 3.63) is 34.4 Å². The monoisotopic (exact) mass is 266 g/mol. The Bertz CT molecular complexity index is 463. The van der Waals surface area contributed by atoms with Crippen molar-refractivity contribution in [2.24, 2.45) is 5.41 Å². The van der Waals surface area contributed by atoms with E-state index >= 15 is 0 Å². The molecular weight excluding hydrogens is 248 g/mol. The number of carbonyl (C=O) groups excluding carboxylic acids is 1. The summed E-state index contributed by atoms with van der Waals surface area (Å²) < 4.78 is 5.21. The molecule has 0 aromatic heterocycles. The van der Waals surface area contributed by atoms with Gasteiger partial charge in [0.1, 0.15) is 6.10 Å². The molecule has 6 nitrogen and oxygen atoms in total. The zero-order chi connectivity index (χ0) is 14.6. The van der Waals surface area contributed by atoms with Gasteiger partial charge in [-0.15, -0.1) is 0 Å². The van der Waals surface area contributed by atoms with Crippen LogP contribution in [0.15, 0.2) is 24.3 Å². The van der Waals surface area contributed by atoms with Crippen molar-refractivity contribution in [2.75, 3.05) is 5.32 Å². The molecule has 0 aliphatic carbocycles. The van der Waals surface area contributed by atoms with Gasteiger partial charge in [-0.05, 0) is 24.5 Å². The molecule has 1 amide bonds. The molecule has 0 radical (unpaired) electrons. The fourth-order valence-electron chi connectivity index (χ4n) is 1.15. The van der Waals surface area contributed by atoms with E-state index < -0.39 is 11.0 Å². The van der Waals surface area contributed by atoms with Crippen LogP contribution in [0.3, 0.4) is 0 Å². The van der Waals surface area contributed by atoms with Gasteiger partial charge in [0.05, 0.1) is 4.92 Å². The van der Waals surface area contributed by atoms with E-state index in [1.807, 2.05) is 27.7 Å². The van der Waals surface area contributed by atoms with Crippen LogP contribution in [0.4, 0.5) is 16.2 Å². The third-order valence-electron chi connectivity index (χ3n) is 2.83. The molecule has 0 aliphatic rings. The Morgan fingerprint density at radius 2 is 1.84 bits per heavy atom. The highest BCUT2D eigenvalue weighted by Crippen LogP contribution is 2.22. The molecule has 0 heterocycles. The summed E-state index contributed by atoms with van der Waals surface area (Å²) in [4.78, 5) is 21.6. The fourth-order valence-corrected chi connectivity index (χ4v) is 1.15. The van der Waals surface area contributed by atoms with Gasteiger partial charge in [-0.1, -0.05) is 20.8 Å². The zero-order valence-corrected chi connectivity index (χ0v) is 11.5. The van der Waals surface area contributed by atoms with E-state index in [9.17, 15) is 14.9 Å². The predicted octanol–water partition coefficient (Wildman–Crippen LogP) is 3.58. The van der Waals surface area contributed by atoms with Crippen LogP contribution in [-0.2, 0) is 4.74 Å². The van der Waals surface area contributed by atoms with Gasteiger partial charge in [-0.2, -0.15) is 0 Å². The largest absolute Gasteiger partial charge is 0.446 e. The highest BCUT2D eigenvalue weighted by Gasteiger charge is 2.23. The number of rotatable bonds is 3. The van der Waals surface area contributed by atoms with E-state index in [1.54, 1.807) is 0 Å². The Hall–Kier alpha value is -2.11. The van der Waals surface area contributed by atoms with Crippen LogP contribution >= 0.6 is 0 Å².